The van der Waals surface area contributed by atoms with Crippen LogP contribution in [-0.4, -0.2) is 26.5 Å². The fourth-order valence-corrected chi connectivity index (χ4v) is 3.40. The van der Waals surface area contributed by atoms with Crippen LogP contribution in [0.1, 0.15) is 43.4 Å². The first-order valence-electron chi connectivity index (χ1n) is 8.33. The van der Waals surface area contributed by atoms with Gasteiger partial charge >= 0.3 is 0 Å². The first-order chi connectivity index (χ1) is 12.1. The molecule has 2 heterocycles. The van der Waals surface area contributed by atoms with Crippen molar-refractivity contribution in [2.24, 2.45) is 0 Å². The molecular formula is C18H19BrN4O2. The molecule has 1 aromatic carbocycles. The van der Waals surface area contributed by atoms with E-state index in [4.69, 9.17) is 4.74 Å². The third-order valence-electron chi connectivity index (χ3n) is 4.13. The summed E-state index contributed by atoms with van der Waals surface area (Å²) in [6, 6.07) is 5.68. The van der Waals surface area contributed by atoms with Crippen LogP contribution in [0.25, 0.3) is 11.6 Å². The molecule has 0 radical (unpaired) electrons. The van der Waals surface area contributed by atoms with Gasteiger partial charge in [0, 0.05) is 13.0 Å². The highest BCUT2D eigenvalue weighted by molar-refractivity contribution is 9.10. The number of allylic oxidation sites excluding steroid dienone is 1. The summed E-state index contributed by atoms with van der Waals surface area (Å²) in [7, 11) is 0. The van der Waals surface area contributed by atoms with Gasteiger partial charge < -0.3 is 14.4 Å². The number of hydrogen-bond donors (Lipinski definition) is 1. The number of ether oxygens (including phenoxy) is 1. The average Bonchev–Trinajstić information content (AvgIpc) is 2.85. The Morgan fingerprint density at radius 2 is 2.24 bits per heavy atom. The zero-order chi connectivity index (χ0) is 17.8. The molecule has 1 aromatic heterocycles. The van der Waals surface area contributed by atoms with E-state index in [1.165, 1.54) is 0 Å². The summed E-state index contributed by atoms with van der Waals surface area (Å²) in [6.45, 7) is 3.12. The van der Waals surface area contributed by atoms with Gasteiger partial charge in [-0.2, -0.15) is 5.26 Å². The number of fused-ring (bicyclic) bond motifs is 1. The van der Waals surface area contributed by atoms with Crippen molar-refractivity contribution >= 4 is 27.6 Å². The second-order valence-electron chi connectivity index (χ2n) is 5.85. The van der Waals surface area contributed by atoms with Gasteiger partial charge in [0.2, 0.25) is 0 Å². The zero-order valence-corrected chi connectivity index (χ0v) is 15.6. The Morgan fingerprint density at radius 1 is 1.40 bits per heavy atom. The highest BCUT2D eigenvalue weighted by Gasteiger charge is 2.18. The monoisotopic (exact) mass is 402 g/mol. The van der Waals surface area contributed by atoms with Gasteiger partial charge in [-0.05, 0) is 59.5 Å². The van der Waals surface area contributed by atoms with Crippen molar-refractivity contribution < 1.29 is 9.84 Å². The smallest absolute Gasteiger partial charge is 0.174 e. The van der Waals surface area contributed by atoms with E-state index in [1.807, 2.05) is 11.5 Å². The molecule has 0 amide bonds. The van der Waals surface area contributed by atoms with Crippen LogP contribution in [0.15, 0.2) is 16.6 Å². The summed E-state index contributed by atoms with van der Waals surface area (Å²) in [4.78, 5) is 0. The summed E-state index contributed by atoms with van der Waals surface area (Å²) in [6.07, 6.45) is 5.97. The molecular weight excluding hydrogens is 384 g/mol. The summed E-state index contributed by atoms with van der Waals surface area (Å²) in [5.41, 5.74) is 1.19. The van der Waals surface area contributed by atoms with Crippen LogP contribution in [0.2, 0.25) is 0 Å². The topological polar surface area (TPSA) is 84.0 Å². The van der Waals surface area contributed by atoms with E-state index < -0.39 is 0 Å². The maximum absolute atomic E-state index is 10.0. The normalized spacial score (nSPS) is 14.5. The van der Waals surface area contributed by atoms with E-state index in [2.05, 4.69) is 32.2 Å². The summed E-state index contributed by atoms with van der Waals surface area (Å²) >= 11 is 3.32. The third kappa shape index (κ3) is 3.69. The number of phenols is 1. The van der Waals surface area contributed by atoms with E-state index in [9.17, 15) is 10.4 Å². The number of hydrogen-bond acceptors (Lipinski definition) is 5. The quantitative estimate of drug-likeness (QED) is 0.782. The molecule has 1 aliphatic rings. The summed E-state index contributed by atoms with van der Waals surface area (Å²) in [5.74, 6) is 1.96. The summed E-state index contributed by atoms with van der Waals surface area (Å²) < 4.78 is 8.00. The predicted molar refractivity (Wildman–Crippen MR) is 98.0 cm³/mol. The molecule has 0 saturated carbocycles. The molecule has 130 valence electrons. The molecule has 3 rings (SSSR count). The van der Waals surface area contributed by atoms with E-state index in [0.29, 0.717) is 28.2 Å². The SMILES string of the molecule is CCOc1cc(C=C(C#N)c2nnc3n2CCCCC3)cc(Br)c1O. The molecule has 0 bridgehead atoms. The van der Waals surface area contributed by atoms with Crippen LogP contribution in [0, 0.1) is 11.3 Å². The Bertz CT molecular complexity index is 851. The van der Waals surface area contributed by atoms with Crippen LogP contribution < -0.4 is 4.74 Å². The lowest BCUT2D eigenvalue weighted by atomic mass is 10.1. The van der Waals surface area contributed by atoms with Crippen molar-refractivity contribution in [3.8, 4) is 17.6 Å². The first-order valence-corrected chi connectivity index (χ1v) is 9.13. The molecule has 7 heteroatoms. The van der Waals surface area contributed by atoms with Crippen molar-refractivity contribution in [3.63, 3.8) is 0 Å². The van der Waals surface area contributed by atoms with Crippen LogP contribution in [-0.2, 0) is 13.0 Å². The van der Waals surface area contributed by atoms with E-state index in [1.54, 1.807) is 18.2 Å². The molecule has 1 N–H and O–H groups in total. The first kappa shape index (κ1) is 17.5. The van der Waals surface area contributed by atoms with Gasteiger partial charge in [0.15, 0.2) is 17.3 Å². The van der Waals surface area contributed by atoms with Gasteiger partial charge in [0.25, 0.3) is 0 Å². The van der Waals surface area contributed by atoms with Crippen LogP contribution in [0.5, 0.6) is 11.5 Å². The van der Waals surface area contributed by atoms with Gasteiger partial charge in [-0.1, -0.05) is 6.42 Å². The van der Waals surface area contributed by atoms with Crippen molar-refractivity contribution in [1.29, 1.82) is 5.26 Å². The minimum Gasteiger partial charge on any atom is -0.503 e. The Kier molecular flexibility index (Phi) is 5.39. The number of aromatic nitrogens is 3. The van der Waals surface area contributed by atoms with Crippen molar-refractivity contribution in [1.82, 2.24) is 14.8 Å². The van der Waals surface area contributed by atoms with Crippen LogP contribution in [0.3, 0.4) is 0 Å². The Labute approximate surface area is 154 Å². The standard InChI is InChI=1S/C18H19BrN4O2/c1-2-25-15-10-12(9-14(19)17(15)24)8-13(11-20)18-22-21-16-6-4-3-5-7-23(16)18/h8-10,24H,2-7H2,1H3. The van der Waals surface area contributed by atoms with Crippen molar-refractivity contribution in [2.75, 3.05) is 6.61 Å². The molecule has 0 aliphatic carbocycles. The third-order valence-corrected chi connectivity index (χ3v) is 4.74. The fraction of sp³-hybridized carbons (Fsp3) is 0.389. The molecule has 0 fully saturated rings. The lowest BCUT2D eigenvalue weighted by Crippen LogP contribution is -2.05. The van der Waals surface area contributed by atoms with Gasteiger partial charge in [-0.25, -0.2) is 0 Å². The molecule has 0 saturated heterocycles. The zero-order valence-electron chi connectivity index (χ0n) is 14.0. The lowest BCUT2D eigenvalue weighted by Gasteiger charge is -2.09. The number of nitriles is 1. The van der Waals surface area contributed by atoms with Crippen molar-refractivity contribution in [2.45, 2.75) is 39.2 Å². The van der Waals surface area contributed by atoms with Gasteiger partial charge in [0.05, 0.1) is 16.7 Å². The Hall–Kier alpha value is -2.33. The minimum atomic E-state index is 0.0499. The molecule has 6 nitrogen and oxygen atoms in total. The van der Waals surface area contributed by atoms with Crippen LogP contribution >= 0.6 is 15.9 Å². The van der Waals surface area contributed by atoms with E-state index in [0.717, 1.165) is 43.6 Å². The number of nitrogens with zero attached hydrogens (tertiary/aromatic N) is 4. The molecule has 0 atom stereocenters. The second kappa shape index (κ2) is 7.70. The summed E-state index contributed by atoms with van der Waals surface area (Å²) in [5, 5.41) is 28.2. The number of aryl methyl sites for hydroxylation is 1. The minimum absolute atomic E-state index is 0.0499. The Morgan fingerprint density at radius 3 is 3.00 bits per heavy atom. The molecule has 0 spiro atoms. The number of benzene rings is 1. The highest BCUT2D eigenvalue weighted by atomic mass is 79.9. The maximum atomic E-state index is 10.0. The second-order valence-corrected chi connectivity index (χ2v) is 6.71. The van der Waals surface area contributed by atoms with Gasteiger partial charge in [-0.3, -0.25) is 0 Å². The Balaban J connectivity index is 2.02. The number of phenolic OH excluding ortho intramolecular Hbond substituents is 1. The van der Waals surface area contributed by atoms with Crippen LogP contribution in [0.4, 0.5) is 0 Å². The van der Waals surface area contributed by atoms with E-state index in [-0.39, 0.29) is 5.75 Å². The lowest BCUT2D eigenvalue weighted by molar-refractivity contribution is 0.317. The average molecular weight is 403 g/mol. The predicted octanol–water partition coefficient (Wildman–Crippen LogP) is 3.94. The molecule has 1 aliphatic heterocycles. The van der Waals surface area contributed by atoms with Gasteiger partial charge in [-0.15, -0.1) is 10.2 Å². The van der Waals surface area contributed by atoms with Crippen molar-refractivity contribution in [3.05, 3.63) is 33.8 Å². The molecule has 2 aromatic rings. The fourth-order valence-electron chi connectivity index (χ4n) is 2.94. The maximum Gasteiger partial charge on any atom is 0.174 e. The van der Waals surface area contributed by atoms with E-state index >= 15 is 0 Å². The molecule has 25 heavy (non-hydrogen) atoms. The number of rotatable bonds is 4. The molecule has 0 unspecified atom stereocenters. The largest absolute Gasteiger partial charge is 0.503 e. The number of halogens is 1. The number of aromatic hydroxyl groups is 1. The highest BCUT2D eigenvalue weighted by Crippen LogP contribution is 2.36. The van der Waals surface area contributed by atoms with Gasteiger partial charge in [0.1, 0.15) is 11.9 Å².